The molecule has 0 aliphatic rings. The van der Waals surface area contributed by atoms with Crippen LogP contribution in [0.25, 0.3) is 0 Å². The first-order chi connectivity index (χ1) is 3.93. The molecule has 8 heavy (non-hydrogen) atoms. The normalized spacial score (nSPS) is 9.12. The van der Waals surface area contributed by atoms with Gasteiger partial charge >= 0.3 is 65.8 Å². The minimum atomic E-state index is -0.331. The molecule has 0 heterocycles. The van der Waals surface area contributed by atoms with Crippen LogP contribution in [-0.4, -0.2) is 19.4 Å². The van der Waals surface area contributed by atoms with E-state index in [0.717, 1.165) is 0 Å². The fourth-order valence-corrected chi connectivity index (χ4v) is 3.18. The van der Waals surface area contributed by atoms with Gasteiger partial charge in [-0.1, -0.05) is 0 Å². The molecule has 1 rings (SSSR count). The fraction of sp³-hybridized carbons (Fsp3) is 0. The molecule has 42 valence electrons. The third kappa shape index (κ3) is 1.79. The van der Waals surface area contributed by atoms with Crippen molar-refractivity contribution in [3.63, 3.8) is 0 Å². The summed E-state index contributed by atoms with van der Waals surface area (Å²) in [6.45, 7) is 0. The molecule has 0 aromatic heterocycles. The standard InChI is InChI=1S/C6H5.BrH.Sb.H/c1-2-4-6-5-3-1;;;/h1-5H;1H;;/q;;+1;/p-1. The molecule has 0 nitrogen and oxygen atoms in total. The molecule has 1 aromatic rings. The summed E-state index contributed by atoms with van der Waals surface area (Å²) in [6.07, 6.45) is 0. The van der Waals surface area contributed by atoms with Gasteiger partial charge in [-0.3, -0.25) is 0 Å². The van der Waals surface area contributed by atoms with Crippen LogP contribution in [-0.2, 0) is 0 Å². The van der Waals surface area contributed by atoms with Crippen molar-refractivity contribution in [3.8, 4) is 0 Å². The summed E-state index contributed by atoms with van der Waals surface area (Å²) < 4.78 is 1.50. The van der Waals surface area contributed by atoms with Crippen molar-refractivity contribution in [2.45, 2.75) is 0 Å². The second kappa shape index (κ2) is 3.53. The Morgan fingerprint density at radius 1 is 1.12 bits per heavy atom. The summed E-state index contributed by atoms with van der Waals surface area (Å²) in [7, 11) is 0. The van der Waals surface area contributed by atoms with Crippen LogP contribution in [0.1, 0.15) is 0 Å². The van der Waals surface area contributed by atoms with Crippen molar-refractivity contribution in [1.29, 1.82) is 0 Å². The zero-order chi connectivity index (χ0) is 5.82. The second-order valence-electron chi connectivity index (χ2n) is 1.46. The first-order valence-corrected chi connectivity index (χ1v) is 10.2. The van der Waals surface area contributed by atoms with Crippen LogP contribution in [0.4, 0.5) is 0 Å². The first-order valence-electron chi connectivity index (χ1n) is 2.35. The van der Waals surface area contributed by atoms with Crippen molar-refractivity contribution in [3.05, 3.63) is 30.3 Å². The van der Waals surface area contributed by atoms with Crippen LogP contribution in [0.5, 0.6) is 0 Å². The quantitative estimate of drug-likeness (QED) is 0.675. The van der Waals surface area contributed by atoms with Crippen molar-refractivity contribution >= 4 is 35.5 Å². The second-order valence-corrected chi connectivity index (χ2v) is 6.31. The van der Waals surface area contributed by atoms with Gasteiger partial charge in [0.05, 0.1) is 0 Å². The third-order valence-corrected chi connectivity index (χ3v) is 5.53. The van der Waals surface area contributed by atoms with E-state index in [1.807, 2.05) is 6.07 Å². The number of benzene rings is 1. The Hall–Kier alpha value is 0.518. The fourth-order valence-electron chi connectivity index (χ4n) is 0.501. The summed E-state index contributed by atoms with van der Waals surface area (Å²) in [6, 6.07) is 10.5. The van der Waals surface area contributed by atoms with Crippen LogP contribution in [0, 0.1) is 0 Å². The van der Waals surface area contributed by atoms with Gasteiger partial charge in [0.2, 0.25) is 0 Å². The van der Waals surface area contributed by atoms with E-state index < -0.39 is 0 Å². The summed E-state index contributed by atoms with van der Waals surface area (Å²) in [4.78, 5) is 0. The minimum absolute atomic E-state index is 0.331. The van der Waals surface area contributed by atoms with Crippen LogP contribution < -0.4 is 3.51 Å². The van der Waals surface area contributed by atoms with Crippen molar-refractivity contribution in [2.24, 2.45) is 0 Å². The molecule has 0 unspecified atom stereocenters. The van der Waals surface area contributed by atoms with E-state index in [0.29, 0.717) is 0 Å². The average Bonchev–Trinajstić information content (AvgIpc) is 1.90. The number of hydrogen-bond acceptors (Lipinski definition) is 0. The maximum absolute atomic E-state index is 3.53. The molecule has 1 aromatic carbocycles. The van der Waals surface area contributed by atoms with E-state index >= 15 is 0 Å². The zero-order valence-electron chi connectivity index (χ0n) is 4.26. The van der Waals surface area contributed by atoms with E-state index in [-0.39, 0.29) is 19.4 Å². The van der Waals surface area contributed by atoms with Gasteiger partial charge in [0.15, 0.2) is 0 Å². The molecule has 0 spiro atoms. The number of rotatable bonds is 1. The van der Waals surface area contributed by atoms with Gasteiger partial charge in [-0.25, -0.2) is 0 Å². The summed E-state index contributed by atoms with van der Waals surface area (Å²) in [5.74, 6) is 0. The van der Waals surface area contributed by atoms with E-state index in [4.69, 9.17) is 0 Å². The molecule has 0 saturated carbocycles. The van der Waals surface area contributed by atoms with E-state index in [9.17, 15) is 0 Å². The molecule has 2 heteroatoms. The first kappa shape index (κ1) is 6.64. The molecular weight excluding hydrogens is 274 g/mol. The molecule has 0 saturated heterocycles. The Morgan fingerprint density at radius 3 is 2.12 bits per heavy atom. The molecule has 0 fully saturated rings. The van der Waals surface area contributed by atoms with Crippen molar-refractivity contribution in [2.75, 3.05) is 0 Å². The van der Waals surface area contributed by atoms with E-state index in [2.05, 4.69) is 36.9 Å². The Morgan fingerprint density at radius 2 is 1.75 bits per heavy atom. The van der Waals surface area contributed by atoms with Gasteiger partial charge in [0.25, 0.3) is 0 Å². The van der Waals surface area contributed by atoms with Gasteiger partial charge in [0.1, 0.15) is 0 Å². The maximum atomic E-state index is 3.53. The van der Waals surface area contributed by atoms with Gasteiger partial charge in [-0.15, -0.1) is 0 Å². The predicted octanol–water partition coefficient (Wildman–Crippen LogP) is 1.06. The van der Waals surface area contributed by atoms with Crippen LogP contribution in [0.3, 0.4) is 0 Å². The van der Waals surface area contributed by atoms with Gasteiger partial charge in [0, 0.05) is 0 Å². The summed E-state index contributed by atoms with van der Waals surface area (Å²) in [5, 5.41) is 0. The SMILES string of the molecule is [Br][SbH][c]1ccccc1. The molecule has 0 aliphatic carbocycles. The predicted molar refractivity (Wildman–Crippen MR) is 42.2 cm³/mol. The number of halogens is 1. The number of hydrogen-bond donors (Lipinski definition) is 0. The molecule has 0 atom stereocenters. The van der Waals surface area contributed by atoms with Crippen LogP contribution in [0.15, 0.2) is 30.3 Å². The van der Waals surface area contributed by atoms with Gasteiger partial charge < -0.3 is 0 Å². The molecule has 0 radical (unpaired) electrons. The van der Waals surface area contributed by atoms with Crippen LogP contribution >= 0.6 is 12.6 Å². The third-order valence-electron chi connectivity index (χ3n) is 0.883. The Labute approximate surface area is 65.5 Å². The van der Waals surface area contributed by atoms with Crippen molar-refractivity contribution < 1.29 is 0 Å². The van der Waals surface area contributed by atoms with E-state index in [1.54, 1.807) is 0 Å². The topological polar surface area (TPSA) is 0 Å². The summed E-state index contributed by atoms with van der Waals surface area (Å²) >= 11 is 3.20. The summed E-state index contributed by atoms with van der Waals surface area (Å²) in [5.41, 5.74) is 0. The van der Waals surface area contributed by atoms with Gasteiger partial charge in [-0.2, -0.15) is 0 Å². The monoisotopic (exact) mass is 278 g/mol. The van der Waals surface area contributed by atoms with E-state index in [1.165, 1.54) is 3.51 Å². The molecule has 0 N–H and O–H groups in total. The molecule has 0 bridgehead atoms. The Balaban J connectivity index is 2.83. The Kier molecular flexibility index (Phi) is 2.92. The van der Waals surface area contributed by atoms with Crippen LogP contribution in [0.2, 0.25) is 0 Å². The Bertz CT molecular complexity index is 150. The molecule has 0 amide bonds. The zero-order valence-corrected chi connectivity index (χ0v) is 8.70. The molecular formula is C6H6BrSb. The van der Waals surface area contributed by atoms with Crippen molar-refractivity contribution in [1.82, 2.24) is 0 Å². The molecule has 0 aliphatic heterocycles. The average molecular weight is 280 g/mol. The van der Waals surface area contributed by atoms with Gasteiger partial charge in [-0.05, 0) is 0 Å².